The van der Waals surface area contributed by atoms with Crippen molar-refractivity contribution in [3.05, 3.63) is 18.3 Å². The smallest absolute Gasteiger partial charge is 0.222 e. The van der Waals surface area contributed by atoms with Gasteiger partial charge in [0.05, 0.1) is 0 Å². The number of amides is 1. The van der Waals surface area contributed by atoms with Crippen molar-refractivity contribution in [3.63, 3.8) is 0 Å². The topological polar surface area (TPSA) is 84.1 Å². The first-order valence-corrected chi connectivity index (χ1v) is 8.30. The Balaban J connectivity index is 1.44. The Bertz CT molecular complexity index is 487. The van der Waals surface area contributed by atoms with Gasteiger partial charge in [-0.15, -0.1) is 5.10 Å². The fraction of sp³-hybridized carbons (Fsp3) is 0.688. The van der Waals surface area contributed by atoms with Gasteiger partial charge in [0.1, 0.15) is 5.82 Å². The normalized spacial score (nSPS) is 26.1. The van der Waals surface area contributed by atoms with Crippen LogP contribution in [0.15, 0.2) is 18.3 Å². The summed E-state index contributed by atoms with van der Waals surface area (Å²) in [6.45, 7) is 1.64. The number of carbonyl (C=O) groups excluding carboxylic acids is 1. The number of hydrogen-bond acceptors (Lipinski definition) is 5. The molecule has 0 radical (unpaired) electrons. The molecule has 1 aliphatic carbocycles. The maximum atomic E-state index is 12.4. The third kappa shape index (κ3) is 3.74. The van der Waals surface area contributed by atoms with Gasteiger partial charge in [-0.3, -0.25) is 4.79 Å². The Morgan fingerprint density at radius 1 is 1.32 bits per heavy atom. The zero-order chi connectivity index (χ0) is 15.4. The fourth-order valence-electron chi connectivity index (χ4n) is 3.53. The van der Waals surface area contributed by atoms with Crippen LogP contribution in [0.2, 0.25) is 0 Å². The van der Waals surface area contributed by atoms with Gasteiger partial charge in [0.25, 0.3) is 0 Å². The lowest BCUT2D eigenvalue weighted by Crippen LogP contribution is -2.43. The van der Waals surface area contributed by atoms with Crippen LogP contribution < -0.4 is 11.1 Å². The largest absolute Gasteiger partial charge is 0.366 e. The molecule has 0 bridgehead atoms. The maximum Gasteiger partial charge on any atom is 0.222 e. The Labute approximate surface area is 131 Å². The summed E-state index contributed by atoms with van der Waals surface area (Å²) in [7, 11) is 0. The third-order valence-electron chi connectivity index (χ3n) is 4.93. The minimum atomic E-state index is 0.222. The molecule has 0 aromatic carbocycles. The number of anilines is 1. The molecule has 6 nitrogen and oxygen atoms in total. The van der Waals surface area contributed by atoms with Crippen LogP contribution in [0.5, 0.6) is 0 Å². The molecule has 3 N–H and O–H groups in total. The van der Waals surface area contributed by atoms with Gasteiger partial charge in [0, 0.05) is 37.8 Å². The molecule has 1 amide bonds. The van der Waals surface area contributed by atoms with Crippen LogP contribution in [0.4, 0.5) is 5.82 Å². The van der Waals surface area contributed by atoms with E-state index in [-0.39, 0.29) is 11.9 Å². The van der Waals surface area contributed by atoms with Crippen molar-refractivity contribution in [3.8, 4) is 0 Å². The third-order valence-corrected chi connectivity index (χ3v) is 4.93. The van der Waals surface area contributed by atoms with Crippen LogP contribution in [0.1, 0.15) is 38.5 Å². The van der Waals surface area contributed by atoms with Gasteiger partial charge >= 0.3 is 0 Å². The molecular formula is C16H25N5O. The number of piperidine rings is 1. The minimum absolute atomic E-state index is 0.222. The molecule has 1 aliphatic heterocycles. The highest BCUT2D eigenvalue weighted by atomic mass is 16.2. The van der Waals surface area contributed by atoms with E-state index in [9.17, 15) is 4.79 Å². The van der Waals surface area contributed by atoms with Crippen molar-refractivity contribution < 1.29 is 4.79 Å². The van der Waals surface area contributed by atoms with Crippen LogP contribution in [0.25, 0.3) is 0 Å². The predicted octanol–water partition coefficient (Wildman–Crippen LogP) is 1.40. The second-order valence-electron chi connectivity index (χ2n) is 6.47. The number of hydrogen-bond donors (Lipinski definition) is 2. The molecule has 2 fully saturated rings. The van der Waals surface area contributed by atoms with Crippen molar-refractivity contribution in [1.29, 1.82) is 0 Å². The lowest BCUT2D eigenvalue weighted by Gasteiger charge is -2.33. The van der Waals surface area contributed by atoms with Gasteiger partial charge in [-0.2, -0.15) is 5.10 Å². The van der Waals surface area contributed by atoms with E-state index in [4.69, 9.17) is 5.73 Å². The average molecular weight is 303 g/mol. The highest BCUT2D eigenvalue weighted by Gasteiger charge is 2.29. The zero-order valence-electron chi connectivity index (χ0n) is 12.9. The summed E-state index contributed by atoms with van der Waals surface area (Å²) in [6.07, 6.45) is 7.56. The minimum Gasteiger partial charge on any atom is -0.366 e. The summed E-state index contributed by atoms with van der Waals surface area (Å²) in [4.78, 5) is 14.4. The fourth-order valence-corrected chi connectivity index (χ4v) is 3.53. The summed E-state index contributed by atoms with van der Waals surface area (Å²) < 4.78 is 0. The first kappa shape index (κ1) is 15.2. The molecule has 1 saturated carbocycles. The highest BCUT2D eigenvalue weighted by Crippen LogP contribution is 2.28. The summed E-state index contributed by atoms with van der Waals surface area (Å²) in [5.74, 6) is 1.48. The number of nitrogens with one attached hydrogen (secondary N) is 1. The first-order valence-electron chi connectivity index (χ1n) is 8.30. The van der Waals surface area contributed by atoms with Crippen molar-refractivity contribution in [2.24, 2.45) is 11.7 Å². The van der Waals surface area contributed by atoms with Gasteiger partial charge in [-0.05, 0) is 43.7 Å². The first-order chi connectivity index (χ1) is 10.7. The number of nitrogens with zero attached hydrogens (tertiary/aromatic N) is 3. The Morgan fingerprint density at radius 2 is 2.14 bits per heavy atom. The van der Waals surface area contributed by atoms with Gasteiger partial charge in [0.2, 0.25) is 5.91 Å². The molecule has 1 saturated heterocycles. The molecular weight excluding hydrogens is 278 g/mol. The van der Waals surface area contributed by atoms with E-state index in [1.54, 1.807) is 6.20 Å². The maximum absolute atomic E-state index is 12.4. The van der Waals surface area contributed by atoms with Crippen molar-refractivity contribution in [2.45, 2.75) is 50.6 Å². The van der Waals surface area contributed by atoms with Crippen molar-refractivity contribution in [1.82, 2.24) is 15.1 Å². The number of likely N-dealkylation sites (tertiary alicyclic amines) is 1. The van der Waals surface area contributed by atoms with Crippen LogP contribution in [0, 0.1) is 5.92 Å². The Hall–Kier alpha value is -1.69. The Kier molecular flexibility index (Phi) is 4.87. The monoisotopic (exact) mass is 303 g/mol. The molecule has 1 aromatic rings. The van der Waals surface area contributed by atoms with E-state index in [1.807, 2.05) is 17.0 Å². The van der Waals surface area contributed by atoms with E-state index in [1.165, 1.54) is 6.42 Å². The Morgan fingerprint density at radius 3 is 2.77 bits per heavy atom. The molecule has 22 heavy (non-hydrogen) atoms. The number of nitrogens with two attached hydrogens (primary N) is 1. The van der Waals surface area contributed by atoms with Crippen LogP contribution in [-0.4, -0.2) is 46.2 Å². The molecule has 2 aliphatic rings. The SMILES string of the molecule is N[C@@H]1CCC[C@H]1CC(=O)N1CCC(Nc2cccnn2)CC1. The molecule has 120 valence electrons. The lowest BCUT2D eigenvalue weighted by atomic mass is 9.98. The van der Waals surface area contributed by atoms with E-state index in [2.05, 4.69) is 15.5 Å². The second kappa shape index (κ2) is 7.05. The number of rotatable bonds is 4. The highest BCUT2D eigenvalue weighted by molar-refractivity contribution is 5.76. The van der Waals surface area contributed by atoms with Crippen LogP contribution in [-0.2, 0) is 4.79 Å². The van der Waals surface area contributed by atoms with Gasteiger partial charge in [0.15, 0.2) is 0 Å². The second-order valence-corrected chi connectivity index (χ2v) is 6.47. The average Bonchev–Trinajstić information content (AvgIpc) is 2.94. The number of aromatic nitrogens is 2. The summed E-state index contributed by atoms with van der Waals surface area (Å²) in [5.41, 5.74) is 6.07. The lowest BCUT2D eigenvalue weighted by molar-refractivity contribution is -0.133. The molecule has 3 rings (SSSR count). The summed E-state index contributed by atoms with van der Waals surface area (Å²) in [5, 5.41) is 11.3. The van der Waals surface area contributed by atoms with E-state index in [0.29, 0.717) is 18.4 Å². The zero-order valence-corrected chi connectivity index (χ0v) is 12.9. The standard InChI is InChI=1S/C16H25N5O/c17-14-4-1-3-12(14)11-16(22)21-9-6-13(7-10-21)19-15-5-2-8-18-20-15/h2,5,8,12-14H,1,3-4,6-7,9-11,17H2,(H,19,20)/t12-,14+/m0/s1. The number of carbonyl (C=O) groups is 1. The van der Waals surface area contributed by atoms with E-state index in [0.717, 1.165) is 44.6 Å². The molecule has 0 unspecified atom stereocenters. The quantitative estimate of drug-likeness (QED) is 0.878. The van der Waals surface area contributed by atoms with Gasteiger partial charge < -0.3 is 16.0 Å². The summed E-state index contributed by atoms with van der Waals surface area (Å²) >= 11 is 0. The molecule has 2 atom stereocenters. The van der Waals surface area contributed by atoms with Crippen molar-refractivity contribution >= 4 is 11.7 Å². The molecule has 2 heterocycles. The van der Waals surface area contributed by atoms with Crippen LogP contribution in [0.3, 0.4) is 0 Å². The summed E-state index contributed by atoms with van der Waals surface area (Å²) in [6, 6.07) is 4.39. The predicted molar refractivity (Wildman–Crippen MR) is 85.2 cm³/mol. The molecule has 1 aromatic heterocycles. The molecule has 0 spiro atoms. The van der Waals surface area contributed by atoms with E-state index < -0.39 is 0 Å². The van der Waals surface area contributed by atoms with Gasteiger partial charge in [-0.1, -0.05) is 6.42 Å². The van der Waals surface area contributed by atoms with Gasteiger partial charge in [-0.25, -0.2) is 0 Å². The van der Waals surface area contributed by atoms with Crippen LogP contribution >= 0.6 is 0 Å². The molecule has 6 heteroatoms. The van der Waals surface area contributed by atoms with E-state index >= 15 is 0 Å². The van der Waals surface area contributed by atoms with Crippen molar-refractivity contribution in [2.75, 3.05) is 18.4 Å².